The number of carbonyl (C=O) groups is 2. The molecule has 0 bridgehead atoms. The van der Waals surface area contributed by atoms with E-state index in [0.717, 1.165) is 30.3 Å². The molecule has 2 aliphatic rings. The fourth-order valence-electron chi connectivity index (χ4n) is 5.16. The van der Waals surface area contributed by atoms with Crippen LogP contribution in [0.15, 0.2) is 43.0 Å². The number of aromatic nitrogens is 5. The van der Waals surface area contributed by atoms with Crippen LogP contribution in [0.25, 0.3) is 11.3 Å². The summed E-state index contributed by atoms with van der Waals surface area (Å²) in [6.45, 7) is 4.01. The Bertz CT molecular complexity index is 1750. The number of carbonyl (C=O) groups excluding carboxylic acids is 2. The van der Waals surface area contributed by atoms with E-state index in [1.165, 1.54) is 13.1 Å². The van der Waals surface area contributed by atoms with Gasteiger partial charge in [-0.25, -0.2) is 23.1 Å². The van der Waals surface area contributed by atoms with Gasteiger partial charge in [0.05, 0.1) is 46.2 Å². The van der Waals surface area contributed by atoms with Gasteiger partial charge in [0, 0.05) is 36.0 Å². The number of nitrogen functional groups attached to an aromatic ring is 1. The molecule has 1 aliphatic carbocycles. The van der Waals surface area contributed by atoms with Gasteiger partial charge in [0.2, 0.25) is 5.91 Å². The van der Waals surface area contributed by atoms with E-state index in [4.69, 9.17) is 17.3 Å². The van der Waals surface area contributed by atoms with Gasteiger partial charge in [-0.2, -0.15) is 5.10 Å². The molecular formula is C28H24ClF3N8O2. The van der Waals surface area contributed by atoms with E-state index >= 15 is 0 Å². The van der Waals surface area contributed by atoms with Crippen LogP contribution in [0.1, 0.15) is 53.1 Å². The van der Waals surface area contributed by atoms with Crippen LogP contribution in [0, 0.1) is 24.6 Å². The van der Waals surface area contributed by atoms with E-state index in [1.807, 2.05) is 6.92 Å². The Kier molecular flexibility index (Phi) is 6.84. The molecule has 6 rings (SSSR count). The van der Waals surface area contributed by atoms with Crippen LogP contribution in [-0.4, -0.2) is 43.1 Å². The van der Waals surface area contributed by atoms with Gasteiger partial charge in [-0.05, 0) is 43.9 Å². The number of nitrogens with zero attached hydrogens (tertiary/aromatic N) is 6. The second-order valence-corrected chi connectivity index (χ2v) is 10.8. The van der Waals surface area contributed by atoms with Crippen molar-refractivity contribution in [1.82, 2.24) is 24.7 Å². The number of anilines is 3. The second-order valence-electron chi connectivity index (χ2n) is 10.4. The Morgan fingerprint density at radius 1 is 1.21 bits per heavy atom. The van der Waals surface area contributed by atoms with E-state index in [-0.39, 0.29) is 40.0 Å². The van der Waals surface area contributed by atoms with Crippen LogP contribution in [-0.2, 0) is 4.79 Å². The standard InChI is InChI=1S/C28H24ClF3N8O2/c1-12-24(38-21(9-34-12)22-17(25(31)32)3-4-19(29)23(22)30)27(41)37-16-8-36-40(11-16)13(2)14-6-20(33)26(35-7-14)39-10-15-5-18(15)28(39)42/h3-4,6-9,11,13,15,18,25H,5,10,33H2,1-2H3,(H,37,41)/t13-,15-,18-/m1/s1. The molecule has 216 valence electrons. The molecule has 3 aromatic heterocycles. The lowest BCUT2D eigenvalue weighted by Gasteiger charge is -2.20. The first-order valence-electron chi connectivity index (χ1n) is 13.1. The highest BCUT2D eigenvalue weighted by molar-refractivity contribution is 6.31. The summed E-state index contributed by atoms with van der Waals surface area (Å²) in [6.07, 6.45) is 3.69. The third kappa shape index (κ3) is 4.83. The minimum atomic E-state index is -3.00. The Morgan fingerprint density at radius 2 is 2.00 bits per heavy atom. The zero-order chi connectivity index (χ0) is 29.9. The van der Waals surface area contributed by atoms with Crippen LogP contribution < -0.4 is 16.0 Å². The molecule has 10 nitrogen and oxygen atoms in total. The van der Waals surface area contributed by atoms with Crippen LogP contribution in [0.3, 0.4) is 0 Å². The van der Waals surface area contributed by atoms with Gasteiger partial charge in [-0.15, -0.1) is 0 Å². The Labute approximate surface area is 242 Å². The smallest absolute Gasteiger partial charge is 0.276 e. The largest absolute Gasteiger partial charge is 0.396 e. The highest BCUT2D eigenvalue weighted by Crippen LogP contribution is 2.48. The van der Waals surface area contributed by atoms with Gasteiger partial charge in [0.15, 0.2) is 11.6 Å². The van der Waals surface area contributed by atoms with Crippen LogP contribution in [0.5, 0.6) is 0 Å². The molecule has 42 heavy (non-hydrogen) atoms. The zero-order valence-electron chi connectivity index (χ0n) is 22.4. The number of nitrogens with one attached hydrogen (secondary N) is 1. The van der Waals surface area contributed by atoms with E-state index in [1.54, 1.807) is 28.0 Å². The van der Waals surface area contributed by atoms with Crippen molar-refractivity contribution in [2.45, 2.75) is 32.7 Å². The lowest BCUT2D eigenvalue weighted by atomic mass is 10.0. The monoisotopic (exact) mass is 596 g/mol. The quantitative estimate of drug-likeness (QED) is 0.300. The lowest BCUT2D eigenvalue weighted by molar-refractivity contribution is -0.118. The average Bonchev–Trinajstić information content (AvgIpc) is 3.46. The van der Waals surface area contributed by atoms with Crippen molar-refractivity contribution in [2.75, 3.05) is 22.5 Å². The highest BCUT2D eigenvalue weighted by Gasteiger charge is 2.53. The highest BCUT2D eigenvalue weighted by atomic mass is 35.5. The lowest BCUT2D eigenvalue weighted by Crippen LogP contribution is -2.29. The molecule has 14 heteroatoms. The molecule has 1 saturated carbocycles. The maximum Gasteiger partial charge on any atom is 0.276 e. The number of fused-ring (bicyclic) bond motifs is 1. The van der Waals surface area contributed by atoms with Crippen molar-refractivity contribution in [2.24, 2.45) is 11.8 Å². The van der Waals surface area contributed by atoms with Gasteiger partial charge >= 0.3 is 0 Å². The molecule has 2 fully saturated rings. The fraction of sp³-hybridized carbons (Fsp3) is 0.286. The molecule has 4 aromatic rings. The number of alkyl halides is 2. The summed E-state index contributed by atoms with van der Waals surface area (Å²) in [4.78, 5) is 39.9. The number of piperidine rings is 1. The third-order valence-corrected chi connectivity index (χ3v) is 7.91. The van der Waals surface area contributed by atoms with Gasteiger partial charge in [0.25, 0.3) is 12.3 Å². The number of rotatable bonds is 7. The first kappa shape index (κ1) is 27.6. The van der Waals surface area contributed by atoms with Crippen molar-refractivity contribution in [1.29, 1.82) is 0 Å². The van der Waals surface area contributed by atoms with Gasteiger partial charge < -0.3 is 11.1 Å². The fourth-order valence-corrected chi connectivity index (χ4v) is 5.32. The zero-order valence-corrected chi connectivity index (χ0v) is 23.1. The molecule has 0 radical (unpaired) electrons. The van der Waals surface area contributed by atoms with E-state index in [2.05, 4.69) is 25.4 Å². The minimum absolute atomic E-state index is 0.0603. The number of pyridine rings is 1. The Balaban J connectivity index is 1.20. The summed E-state index contributed by atoms with van der Waals surface area (Å²) in [5, 5.41) is 6.62. The summed E-state index contributed by atoms with van der Waals surface area (Å²) in [7, 11) is 0. The number of aryl methyl sites for hydroxylation is 1. The predicted octanol–water partition coefficient (Wildman–Crippen LogP) is 5.20. The number of amides is 2. The van der Waals surface area contributed by atoms with E-state index in [0.29, 0.717) is 29.7 Å². The van der Waals surface area contributed by atoms with Crippen molar-refractivity contribution < 1.29 is 22.8 Å². The average molecular weight is 597 g/mol. The van der Waals surface area contributed by atoms with Crippen molar-refractivity contribution in [3.63, 3.8) is 0 Å². The van der Waals surface area contributed by atoms with E-state index in [9.17, 15) is 22.8 Å². The molecule has 3 N–H and O–H groups in total. The van der Waals surface area contributed by atoms with Crippen molar-refractivity contribution >= 4 is 40.6 Å². The molecule has 1 aromatic carbocycles. The molecule has 2 amide bonds. The van der Waals surface area contributed by atoms with Crippen LogP contribution in [0.2, 0.25) is 5.02 Å². The summed E-state index contributed by atoms with van der Waals surface area (Å²) < 4.78 is 43.6. The molecule has 1 aliphatic heterocycles. The number of benzene rings is 1. The van der Waals surface area contributed by atoms with Crippen molar-refractivity contribution in [3.8, 4) is 11.3 Å². The molecule has 1 saturated heterocycles. The normalized spacial score (nSPS) is 18.4. The van der Waals surface area contributed by atoms with Crippen LogP contribution in [0.4, 0.5) is 30.4 Å². The molecule has 0 unspecified atom stereocenters. The summed E-state index contributed by atoms with van der Waals surface area (Å²) in [5.41, 5.74) is 6.31. The molecule has 3 atom stereocenters. The van der Waals surface area contributed by atoms with Crippen molar-refractivity contribution in [3.05, 3.63) is 76.3 Å². The number of nitrogens with two attached hydrogens (primary N) is 1. The predicted molar refractivity (Wildman–Crippen MR) is 149 cm³/mol. The van der Waals surface area contributed by atoms with Crippen LogP contribution >= 0.6 is 11.6 Å². The van der Waals surface area contributed by atoms with Gasteiger partial charge in [-0.3, -0.25) is 24.2 Å². The first-order valence-corrected chi connectivity index (χ1v) is 13.4. The Morgan fingerprint density at radius 3 is 2.69 bits per heavy atom. The molecule has 0 spiro atoms. The number of hydrogen-bond donors (Lipinski definition) is 2. The second kappa shape index (κ2) is 10.4. The number of hydrogen-bond acceptors (Lipinski definition) is 7. The molecule has 4 heterocycles. The minimum Gasteiger partial charge on any atom is -0.396 e. The SMILES string of the molecule is Cc1ncc(-c2c(C(F)F)ccc(Cl)c2F)nc1C(=O)Nc1cnn([C@H](C)c2cnc(N3C[C@H]4C[C@H]4C3=O)c(N)c2)c1. The topological polar surface area (TPSA) is 132 Å². The maximum absolute atomic E-state index is 14.8. The number of halogens is 4. The summed E-state index contributed by atoms with van der Waals surface area (Å²) in [6, 6.07) is 3.46. The van der Waals surface area contributed by atoms with Gasteiger partial charge in [0.1, 0.15) is 5.69 Å². The van der Waals surface area contributed by atoms with Gasteiger partial charge in [-0.1, -0.05) is 17.7 Å². The van der Waals surface area contributed by atoms with E-state index < -0.39 is 29.3 Å². The summed E-state index contributed by atoms with van der Waals surface area (Å²) >= 11 is 5.83. The Hall–Kier alpha value is -4.52. The first-order chi connectivity index (χ1) is 20.0. The molecular weight excluding hydrogens is 573 g/mol. The maximum atomic E-state index is 14.8. The summed E-state index contributed by atoms with van der Waals surface area (Å²) in [5.74, 6) is -0.786. The third-order valence-electron chi connectivity index (χ3n) is 7.62.